The van der Waals surface area contributed by atoms with Crippen LogP contribution in [0, 0.1) is 0 Å². The minimum absolute atomic E-state index is 0.957. The second-order valence-corrected chi connectivity index (χ2v) is 5.87. The predicted octanol–water partition coefficient (Wildman–Crippen LogP) is 4.64. The molecule has 0 saturated carbocycles. The molecule has 1 heterocycles. The summed E-state index contributed by atoms with van der Waals surface area (Å²) in [5, 5.41) is 2.63. The van der Waals surface area contributed by atoms with Gasteiger partial charge in [-0.3, -0.25) is 0 Å². The van der Waals surface area contributed by atoms with Crippen LogP contribution in [0.1, 0.15) is 12.5 Å². The highest BCUT2D eigenvalue weighted by atomic mass is 15.4. The average Bonchev–Trinajstić information content (AvgIpc) is 2.93. The van der Waals surface area contributed by atoms with Crippen molar-refractivity contribution in [2.45, 2.75) is 13.5 Å². The number of hydrogen-bond acceptors (Lipinski definition) is 2. The normalized spacial score (nSPS) is 13.7. The molecule has 3 aromatic rings. The highest BCUT2D eigenvalue weighted by Crippen LogP contribution is 2.36. The summed E-state index contributed by atoms with van der Waals surface area (Å²) in [5.74, 6) is 0. The minimum atomic E-state index is 0.957. The Kier molecular flexibility index (Phi) is 3.23. The maximum Gasteiger partial charge on any atom is 0.0907 e. The zero-order chi connectivity index (χ0) is 14.9. The Morgan fingerprint density at radius 1 is 0.773 bits per heavy atom. The first-order valence-corrected chi connectivity index (χ1v) is 7.92. The maximum atomic E-state index is 2.46. The molecule has 0 unspecified atom stereocenters. The number of rotatable bonds is 3. The lowest BCUT2D eigenvalue weighted by molar-refractivity contribution is 0.781. The molecular formula is C20H20N2. The summed E-state index contributed by atoms with van der Waals surface area (Å²) in [7, 11) is 0. The van der Waals surface area contributed by atoms with Gasteiger partial charge >= 0.3 is 0 Å². The lowest BCUT2D eigenvalue weighted by atomic mass is 10.1. The fourth-order valence-electron chi connectivity index (χ4n) is 3.32. The predicted molar refractivity (Wildman–Crippen MR) is 94.5 cm³/mol. The smallest absolute Gasteiger partial charge is 0.0907 e. The summed E-state index contributed by atoms with van der Waals surface area (Å²) in [6, 6.07) is 24.1. The Bertz CT molecular complexity index is 809. The third-order valence-electron chi connectivity index (χ3n) is 4.47. The minimum Gasteiger partial charge on any atom is -0.352 e. The van der Waals surface area contributed by atoms with Gasteiger partial charge in [0.15, 0.2) is 0 Å². The Balaban J connectivity index is 1.65. The van der Waals surface area contributed by atoms with Crippen molar-refractivity contribution in [3.8, 4) is 0 Å². The van der Waals surface area contributed by atoms with Crippen LogP contribution in [0.3, 0.4) is 0 Å². The van der Waals surface area contributed by atoms with Gasteiger partial charge in [-0.2, -0.15) is 0 Å². The van der Waals surface area contributed by atoms with E-state index < -0.39 is 0 Å². The topological polar surface area (TPSA) is 6.48 Å². The molecule has 0 saturated heterocycles. The van der Waals surface area contributed by atoms with Crippen LogP contribution < -0.4 is 9.80 Å². The van der Waals surface area contributed by atoms with Crippen LogP contribution in [0.25, 0.3) is 10.8 Å². The number of benzene rings is 3. The molecule has 0 aliphatic carbocycles. The fourth-order valence-corrected chi connectivity index (χ4v) is 3.32. The number of nitrogens with zero attached hydrogens (tertiary/aromatic N) is 2. The molecule has 2 heteroatoms. The van der Waals surface area contributed by atoms with Crippen LogP contribution in [-0.4, -0.2) is 13.2 Å². The summed E-state index contributed by atoms with van der Waals surface area (Å²) >= 11 is 0. The SMILES string of the molecule is CCN1CN(Cc2ccc3ccccc3c2)c2ccccc21. The van der Waals surface area contributed by atoms with Gasteiger partial charge in [0, 0.05) is 13.1 Å². The number of para-hydroxylation sites is 2. The third kappa shape index (κ3) is 2.21. The van der Waals surface area contributed by atoms with Gasteiger partial charge in [-0.05, 0) is 41.5 Å². The average molecular weight is 288 g/mol. The van der Waals surface area contributed by atoms with Crippen molar-refractivity contribution >= 4 is 22.1 Å². The van der Waals surface area contributed by atoms with E-state index in [0.717, 1.165) is 19.8 Å². The molecule has 1 aliphatic rings. The van der Waals surface area contributed by atoms with E-state index in [1.165, 1.54) is 27.7 Å². The van der Waals surface area contributed by atoms with Crippen molar-refractivity contribution in [2.24, 2.45) is 0 Å². The monoisotopic (exact) mass is 288 g/mol. The molecular weight excluding hydrogens is 268 g/mol. The van der Waals surface area contributed by atoms with Gasteiger partial charge in [-0.25, -0.2) is 0 Å². The molecule has 1 aliphatic heterocycles. The molecule has 0 spiro atoms. The van der Waals surface area contributed by atoms with E-state index in [0.29, 0.717) is 0 Å². The number of hydrogen-bond donors (Lipinski definition) is 0. The highest BCUT2D eigenvalue weighted by Gasteiger charge is 2.23. The van der Waals surface area contributed by atoms with Gasteiger partial charge in [0.25, 0.3) is 0 Å². The van der Waals surface area contributed by atoms with Gasteiger partial charge in [-0.1, -0.05) is 48.5 Å². The van der Waals surface area contributed by atoms with E-state index in [2.05, 4.69) is 83.5 Å². The zero-order valence-electron chi connectivity index (χ0n) is 12.9. The van der Waals surface area contributed by atoms with Crippen molar-refractivity contribution in [1.29, 1.82) is 0 Å². The van der Waals surface area contributed by atoms with Crippen molar-refractivity contribution in [1.82, 2.24) is 0 Å². The molecule has 0 atom stereocenters. The van der Waals surface area contributed by atoms with Gasteiger partial charge < -0.3 is 9.80 Å². The first kappa shape index (κ1) is 13.2. The quantitative estimate of drug-likeness (QED) is 0.692. The molecule has 0 bridgehead atoms. The molecule has 2 nitrogen and oxygen atoms in total. The summed E-state index contributed by atoms with van der Waals surface area (Å²) in [5.41, 5.74) is 4.06. The molecule has 0 fully saturated rings. The Morgan fingerprint density at radius 2 is 1.45 bits per heavy atom. The van der Waals surface area contributed by atoms with E-state index in [9.17, 15) is 0 Å². The van der Waals surface area contributed by atoms with E-state index in [-0.39, 0.29) is 0 Å². The molecule has 3 aromatic carbocycles. The van der Waals surface area contributed by atoms with Crippen LogP contribution in [0.4, 0.5) is 11.4 Å². The molecule has 0 aromatic heterocycles. The Hall–Kier alpha value is -2.48. The van der Waals surface area contributed by atoms with Crippen LogP contribution in [-0.2, 0) is 6.54 Å². The molecule has 0 N–H and O–H groups in total. The highest BCUT2D eigenvalue weighted by molar-refractivity contribution is 5.83. The largest absolute Gasteiger partial charge is 0.352 e. The number of fused-ring (bicyclic) bond motifs is 2. The van der Waals surface area contributed by atoms with Crippen LogP contribution in [0.5, 0.6) is 0 Å². The van der Waals surface area contributed by atoms with Gasteiger partial charge in [0.05, 0.1) is 18.0 Å². The molecule has 110 valence electrons. The third-order valence-corrected chi connectivity index (χ3v) is 4.47. The Morgan fingerprint density at radius 3 is 2.23 bits per heavy atom. The number of anilines is 2. The summed E-state index contributed by atoms with van der Waals surface area (Å²) < 4.78 is 0. The summed E-state index contributed by atoms with van der Waals surface area (Å²) in [6.45, 7) is 5.20. The van der Waals surface area contributed by atoms with Crippen molar-refractivity contribution in [2.75, 3.05) is 23.0 Å². The Labute approximate surface area is 131 Å². The van der Waals surface area contributed by atoms with E-state index in [1.807, 2.05) is 0 Å². The molecule has 22 heavy (non-hydrogen) atoms. The fraction of sp³-hybridized carbons (Fsp3) is 0.200. The second kappa shape index (κ2) is 5.38. The van der Waals surface area contributed by atoms with Crippen LogP contribution in [0.2, 0.25) is 0 Å². The first-order valence-electron chi connectivity index (χ1n) is 7.92. The molecule has 4 rings (SSSR count). The molecule has 0 amide bonds. The summed E-state index contributed by atoms with van der Waals surface area (Å²) in [4.78, 5) is 4.89. The molecule has 0 radical (unpaired) electrons. The zero-order valence-corrected chi connectivity index (χ0v) is 12.9. The standard InChI is InChI=1S/C20H20N2/c1-2-21-15-22(20-10-6-5-9-19(20)21)14-16-11-12-17-7-3-4-8-18(17)13-16/h3-13H,2,14-15H2,1H3. The van der Waals surface area contributed by atoms with Gasteiger partial charge in [0.2, 0.25) is 0 Å². The lowest BCUT2D eigenvalue weighted by Crippen LogP contribution is -2.30. The van der Waals surface area contributed by atoms with E-state index >= 15 is 0 Å². The second-order valence-electron chi connectivity index (χ2n) is 5.87. The van der Waals surface area contributed by atoms with Gasteiger partial charge in [0.1, 0.15) is 0 Å². The summed E-state index contributed by atoms with van der Waals surface area (Å²) in [6.07, 6.45) is 0. The maximum absolute atomic E-state index is 2.46. The first-order chi connectivity index (χ1) is 10.8. The lowest BCUT2D eigenvalue weighted by Gasteiger charge is -2.21. The van der Waals surface area contributed by atoms with Gasteiger partial charge in [-0.15, -0.1) is 0 Å². The van der Waals surface area contributed by atoms with E-state index in [4.69, 9.17) is 0 Å². The van der Waals surface area contributed by atoms with E-state index in [1.54, 1.807) is 0 Å². The van der Waals surface area contributed by atoms with Crippen LogP contribution in [0.15, 0.2) is 66.7 Å². The van der Waals surface area contributed by atoms with Crippen molar-refractivity contribution < 1.29 is 0 Å². The van der Waals surface area contributed by atoms with Crippen LogP contribution >= 0.6 is 0 Å². The van der Waals surface area contributed by atoms with Crippen molar-refractivity contribution in [3.05, 3.63) is 72.3 Å². The van der Waals surface area contributed by atoms with Crippen molar-refractivity contribution in [3.63, 3.8) is 0 Å².